The van der Waals surface area contributed by atoms with Gasteiger partial charge in [-0.05, 0) is 50.5 Å². The van der Waals surface area contributed by atoms with Crippen molar-refractivity contribution < 1.29 is 19.2 Å². The molecule has 1 aliphatic rings. The van der Waals surface area contributed by atoms with E-state index in [1.807, 2.05) is 6.92 Å². The summed E-state index contributed by atoms with van der Waals surface area (Å²) >= 11 is 0. The summed E-state index contributed by atoms with van der Waals surface area (Å²) in [5.74, 6) is 1.05. The Bertz CT molecular complexity index is 724. The van der Waals surface area contributed by atoms with Crippen LogP contribution < -0.4 is 10.1 Å². The van der Waals surface area contributed by atoms with Crippen LogP contribution in [0.25, 0.3) is 0 Å². The number of rotatable bonds is 5. The van der Waals surface area contributed by atoms with Gasteiger partial charge in [0.05, 0.1) is 11.8 Å². The van der Waals surface area contributed by atoms with Crippen LogP contribution in [0.2, 0.25) is 0 Å². The van der Waals surface area contributed by atoms with Crippen molar-refractivity contribution in [1.29, 1.82) is 0 Å². The minimum Gasteiger partial charge on any atom is -0.488 e. The van der Waals surface area contributed by atoms with E-state index in [-0.39, 0.29) is 12.0 Å². The van der Waals surface area contributed by atoms with Crippen molar-refractivity contribution in [2.45, 2.75) is 58.2 Å². The van der Waals surface area contributed by atoms with E-state index in [2.05, 4.69) is 10.5 Å². The van der Waals surface area contributed by atoms with E-state index in [1.165, 1.54) is 0 Å². The van der Waals surface area contributed by atoms with Crippen LogP contribution in [-0.4, -0.2) is 28.4 Å². The summed E-state index contributed by atoms with van der Waals surface area (Å²) in [6.45, 7) is 3.67. The molecule has 1 aromatic heterocycles. The molecule has 0 spiro atoms. The van der Waals surface area contributed by atoms with Crippen molar-refractivity contribution in [3.63, 3.8) is 0 Å². The summed E-state index contributed by atoms with van der Waals surface area (Å²) in [5, 5.41) is 16.7. The number of nitrogens with one attached hydrogen (secondary N) is 1. The predicted molar refractivity (Wildman–Crippen MR) is 93.9 cm³/mol. The maximum atomic E-state index is 12.4. The largest absolute Gasteiger partial charge is 0.488 e. The molecule has 1 heterocycles. The van der Waals surface area contributed by atoms with Crippen molar-refractivity contribution in [1.82, 2.24) is 5.16 Å². The molecule has 134 valence electrons. The average molecular weight is 344 g/mol. The second-order valence-electron chi connectivity index (χ2n) is 6.41. The molecule has 0 bridgehead atoms. The van der Waals surface area contributed by atoms with Gasteiger partial charge in [0.2, 0.25) is 0 Å². The lowest BCUT2D eigenvalue weighted by atomic mass is 9.95. The van der Waals surface area contributed by atoms with Gasteiger partial charge in [-0.2, -0.15) is 0 Å². The number of hydrogen-bond acceptors (Lipinski definition) is 5. The third-order valence-electron chi connectivity index (χ3n) is 4.55. The topological polar surface area (TPSA) is 84.6 Å². The fourth-order valence-corrected chi connectivity index (χ4v) is 3.15. The number of aromatic nitrogens is 1. The molecule has 1 aliphatic carbocycles. The molecule has 2 aromatic rings. The van der Waals surface area contributed by atoms with Gasteiger partial charge in [-0.25, -0.2) is 0 Å². The maximum absolute atomic E-state index is 12.4. The Morgan fingerprint density at radius 2 is 2.04 bits per heavy atom. The highest BCUT2D eigenvalue weighted by molar-refractivity contribution is 6.05. The van der Waals surface area contributed by atoms with Crippen molar-refractivity contribution in [3.05, 3.63) is 41.3 Å². The minimum absolute atomic E-state index is 0.152. The number of carbonyl (C=O) groups excluding carboxylic acids is 1. The molecule has 6 nitrogen and oxygen atoms in total. The minimum atomic E-state index is -0.405. The Kier molecular flexibility index (Phi) is 5.38. The third-order valence-corrected chi connectivity index (χ3v) is 4.55. The van der Waals surface area contributed by atoms with Crippen LogP contribution in [0.5, 0.6) is 5.75 Å². The average Bonchev–Trinajstić information content (AvgIpc) is 2.99. The number of aryl methyl sites for hydroxylation is 2. The fraction of sp³-hybridized carbons (Fsp3) is 0.474. The molecule has 1 amide bonds. The molecule has 1 aromatic carbocycles. The summed E-state index contributed by atoms with van der Waals surface area (Å²) in [5.41, 5.74) is 1.75. The highest BCUT2D eigenvalue weighted by Crippen LogP contribution is 2.25. The summed E-state index contributed by atoms with van der Waals surface area (Å²) in [6.07, 6.45) is 3.84. The first kappa shape index (κ1) is 17.5. The molecule has 0 unspecified atom stereocenters. The van der Waals surface area contributed by atoms with Crippen LogP contribution in [0.3, 0.4) is 0 Å². The lowest BCUT2D eigenvalue weighted by Gasteiger charge is -2.28. The van der Waals surface area contributed by atoms with Crippen LogP contribution in [0.15, 0.2) is 28.8 Å². The number of ether oxygens (including phenoxy) is 1. The zero-order chi connectivity index (χ0) is 17.8. The van der Waals surface area contributed by atoms with Gasteiger partial charge in [0, 0.05) is 12.1 Å². The van der Waals surface area contributed by atoms with Crippen LogP contribution in [-0.2, 0) is 6.42 Å². The zero-order valence-corrected chi connectivity index (χ0v) is 14.6. The lowest BCUT2D eigenvalue weighted by molar-refractivity contribution is 0.00688. The Labute approximate surface area is 147 Å². The molecule has 2 atom stereocenters. The second-order valence-corrected chi connectivity index (χ2v) is 6.41. The first-order chi connectivity index (χ1) is 12.1. The number of aliphatic hydroxyl groups excluding tert-OH is 1. The van der Waals surface area contributed by atoms with Crippen LogP contribution in [0, 0.1) is 6.92 Å². The number of aliphatic hydroxyl groups is 1. The summed E-state index contributed by atoms with van der Waals surface area (Å²) in [6, 6.07) is 7.18. The van der Waals surface area contributed by atoms with Gasteiger partial charge in [-0.3, -0.25) is 4.79 Å². The molecule has 0 radical (unpaired) electrons. The Morgan fingerprint density at radius 1 is 1.32 bits per heavy atom. The van der Waals surface area contributed by atoms with E-state index in [4.69, 9.17) is 9.26 Å². The van der Waals surface area contributed by atoms with Gasteiger partial charge >= 0.3 is 0 Å². The number of nitrogens with zero attached hydrogens (tertiary/aromatic N) is 1. The van der Waals surface area contributed by atoms with E-state index in [9.17, 15) is 9.90 Å². The van der Waals surface area contributed by atoms with Gasteiger partial charge in [0.15, 0.2) is 0 Å². The van der Waals surface area contributed by atoms with Gasteiger partial charge in [-0.15, -0.1) is 0 Å². The van der Waals surface area contributed by atoms with Gasteiger partial charge in [-0.1, -0.05) is 18.5 Å². The zero-order valence-electron chi connectivity index (χ0n) is 14.6. The van der Waals surface area contributed by atoms with Crippen molar-refractivity contribution >= 4 is 11.6 Å². The standard InChI is InChI=1S/C19H24N2O4/c1-3-16-18(12(2)21-25-16)19(23)20-13-8-10-14(11-9-13)24-17-7-5-4-6-15(17)22/h8-11,15,17,22H,3-7H2,1-2H3,(H,20,23)/t15-,17+/m0/s1. The maximum Gasteiger partial charge on any atom is 0.261 e. The van der Waals surface area contributed by atoms with E-state index < -0.39 is 6.10 Å². The van der Waals surface area contributed by atoms with E-state index >= 15 is 0 Å². The van der Waals surface area contributed by atoms with Crippen molar-refractivity contribution in [2.75, 3.05) is 5.32 Å². The highest BCUT2D eigenvalue weighted by Gasteiger charge is 2.24. The lowest BCUT2D eigenvalue weighted by Crippen LogP contribution is -2.34. The molecular weight excluding hydrogens is 320 g/mol. The molecule has 1 fully saturated rings. The van der Waals surface area contributed by atoms with Crippen molar-refractivity contribution in [2.24, 2.45) is 0 Å². The van der Waals surface area contributed by atoms with Gasteiger partial charge in [0.1, 0.15) is 23.2 Å². The molecular formula is C19H24N2O4. The second kappa shape index (κ2) is 7.70. The normalized spacial score (nSPS) is 20.3. The number of amides is 1. The SMILES string of the molecule is CCc1onc(C)c1C(=O)Nc1ccc(O[C@@H]2CCCC[C@@H]2O)cc1. The predicted octanol–water partition coefficient (Wildman–Crippen LogP) is 3.48. The molecule has 2 N–H and O–H groups in total. The summed E-state index contributed by atoms with van der Waals surface area (Å²) in [4.78, 5) is 12.4. The van der Waals surface area contributed by atoms with Crippen molar-refractivity contribution in [3.8, 4) is 5.75 Å². The third kappa shape index (κ3) is 4.02. The van der Waals surface area contributed by atoms with Crippen LogP contribution in [0.4, 0.5) is 5.69 Å². The molecule has 3 rings (SSSR count). The van der Waals surface area contributed by atoms with Gasteiger partial charge < -0.3 is 19.7 Å². The Balaban J connectivity index is 1.64. The van der Waals surface area contributed by atoms with Crippen LogP contribution >= 0.6 is 0 Å². The Hall–Kier alpha value is -2.34. The molecule has 0 aliphatic heterocycles. The summed E-state index contributed by atoms with van der Waals surface area (Å²) in [7, 11) is 0. The number of benzene rings is 1. The fourth-order valence-electron chi connectivity index (χ4n) is 3.15. The molecule has 25 heavy (non-hydrogen) atoms. The van der Waals surface area contributed by atoms with Crippen LogP contribution in [0.1, 0.15) is 54.4 Å². The quantitative estimate of drug-likeness (QED) is 0.867. The monoisotopic (exact) mass is 344 g/mol. The van der Waals surface area contributed by atoms with E-state index in [1.54, 1.807) is 31.2 Å². The van der Waals surface area contributed by atoms with E-state index in [0.717, 1.165) is 25.7 Å². The first-order valence-electron chi connectivity index (χ1n) is 8.79. The van der Waals surface area contributed by atoms with Gasteiger partial charge in [0.25, 0.3) is 5.91 Å². The number of hydrogen-bond donors (Lipinski definition) is 2. The smallest absolute Gasteiger partial charge is 0.261 e. The number of anilines is 1. The summed E-state index contributed by atoms with van der Waals surface area (Å²) < 4.78 is 11.0. The molecule has 0 saturated heterocycles. The van der Waals surface area contributed by atoms with E-state index in [0.29, 0.717) is 34.9 Å². The highest BCUT2D eigenvalue weighted by atomic mass is 16.5. The molecule has 1 saturated carbocycles. The molecule has 6 heteroatoms. The Morgan fingerprint density at radius 3 is 2.72 bits per heavy atom. The first-order valence-corrected chi connectivity index (χ1v) is 8.79. The number of carbonyl (C=O) groups is 1.